The lowest BCUT2D eigenvalue weighted by Crippen LogP contribution is -2.41. The Hall–Kier alpha value is -3.34. The molecule has 1 aromatic heterocycles. The van der Waals surface area contributed by atoms with Gasteiger partial charge in [-0.15, -0.1) is 0 Å². The van der Waals surface area contributed by atoms with Crippen molar-refractivity contribution in [1.29, 1.82) is 0 Å². The fourth-order valence-corrected chi connectivity index (χ4v) is 3.84. The molecule has 1 aliphatic heterocycles. The molecule has 0 bridgehead atoms. The molecule has 34 heavy (non-hydrogen) atoms. The second-order valence-electron chi connectivity index (χ2n) is 8.18. The van der Waals surface area contributed by atoms with Crippen LogP contribution in [0.3, 0.4) is 0 Å². The van der Waals surface area contributed by atoms with Gasteiger partial charge in [0.15, 0.2) is 11.5 Å². The number of piperidine rings is 1. The zero-order valence-corrected chi connectivity index (χ0v) is 18.3. The first kappa shape index (κ1) is 23.8. The molecule has 1 aliphatic rings. The van der Waals surface area contributed by atoms with Crippen molar-refractivity contribution in [1.82, 2.24) is 9.88 Å². The lowest BCUT2D eigenvalue weighted by molar-refractivity contribution is 0.0338. The molecular weight excluding hydrogens is 448 g/mol. The number of benzene rings is 2. The van der Waals surface area contributed by atoms with Crippen molar-refractivity contribution in [3.8, 4) is 28.5 Å². The minimum absolute atomic E-state index is 0.0241. The summed E-state index contributed by atoms with van der Waals surface area (Å²) in [5.41, 5.74) is 5.05. The minimum Gasteiger partial charge on any atom is -0.491 e. The number of amides is 1. The van der Waals surface area contributed by atoms with E-state index in [9.17, 15) is 23.8 Å². The third kappa shape index (κ3) is 5.41. The van der Waals surface area contributed by atoms with Crippen molar-refractivity contribution in [3.05, 3.63) is 59.8 Å². The van der Waals surface area contributed by atoms with Crippen molar-refractivity contribution in [3.63, 3.8) is 0 Å². The van der Waals surface area contributed by atoms with E-state index in [1.54, 1.807) is 24.3 Å². The number of nitrogens with two attached hydrogens (primary N) is 1. The number of oxazole rings is 1. The number of ether oxygens (including phenoxy) is 1. The maximum absolute atomic E-state index is 14.1. The van der Waals surface area contributed by atoms with Crippen LogP contribution in [0.5, 0.6) is 5.75 Å². The van der Waals surface area contributed by atoms with Gasteiger partial charge in [-0.3, -0.25) is 4.79 Å². The van der Waals surface area contributed by atoms with E-state index < -0.39 is 35.1 Å². The van der Waals surface area contributed by atoms with E-state index >= 15 is 0 Å². The summed E-state index contributed by atoms with van der Waals surface area (Å²) in [4.78, 5) is 17.9. The quantitative estimate of drug-likeness (QED) is 0.460. The molecule has 2 heterocycles. The third-order valence-electron chi connectivity index (χ3n) is 5.62. The van der Waals surface area contributed by atoms with Gasteiger partial charge in [0.25, 0.3) is 5.91 Å². The Morgan fingerprint density at radius 1 is 1.18 bits per heavy atom. The number of aliphatic hydroxyl groups is 2. The molecule has 180 valence electrons. The molecular formula is C24H25F2N3O5. The second-order valence-corrected chi connectivity index (χ2v) is 8.18. The summed E-state index contributed by atoms with van der Waals surface area (Å²) in [5.74, 6) is -2.62. The Kier molecular flexibility index (Phi) is 7.20. The number of carbonyl (C=O) groups is 1. The number of hydrogen-bond donors (Lipinski definition) is 3. The first-order valence-electron chi connectivity index (χ1n) is 10.9. The van der Waals surface area contributed by atoms with Crippen molar-refractivity contribution in [2.75, 3.05) is 26.2 Å². The van der Waals surface area contributed by atoms with Gasteiger partial charge in [-0.2, -0.15) is 0 Å². The summed E-state index contributed by atoms with van der Waals surface area (Å²) in [5, 5.41) is 19.8. The molecule has 3 aromatic rings. The maximum Gasteiger partial charge on any atom is 0.271 e. The number of carbonyl (C=O) groups excluding carboxylic acids is 1. The SMILES string of the molecule is NC(=O)c1nc(-c2c(F)cccc2F)oc1-c1ccc(OCC(O)CN2CCC(O)CC2)cc1. The van der Waals surface area contributed by atoms with Gasteiger partial charge in [0.05, 0.1) is 6.10 Å². The Balaban J connectivity index is 1.45. The molecule has 1 saturated heterocycles. The summed E-state index contributed by atoms with van der Waals surface area (Å²) in [6.45, 7) is 1.97. The third-order valence-corrected chi connectivity index (χ3v) is 5.62. The van der Waals surface area contributed by atoms with Crippen LogP contribution in [0.25, 0.3) is 22.8 Å². The van der Waals surface area contributed by atoms with Crippen LogP contribution in [-0.2, 0) is 0 Å². The molecule has 0 saturated carbocycles. The molecule has 0 spiro atoms. The van der Waals surface area contributed by atoms with Crippen LogP contribution < -0.4 is 10.5 Å². The number of aliphatic hydroxyl groups excluding tert-OH is 2. The highest BCUT2D eigenvalue weighted by Gasteiger charge is 2.24. The fraction of sp³-hybridized carbons (Fsp3) is 0.333. The molecule has 1 atom stereocenters. The molecule has 0 aliphatic carbocycles. The Morgan fingerprint density at radius 3 is 2.44 bits per heavy atom. The first-order chi connectivity index (χ1) is 16.3. The summed E-state index contributed by atoms with van der Waals surface area (Å²) >= 11 is 0. The first-order valence-corrected chi connectivity index (χ1v) is 10.9. The van der Waals surface area contributed by atoms with Crippen molar-refractivity contribution in [2.45, 2.75) is 25.0 Å². The molecule has 1 fully saturated rings. The van der Waals surface area contributed by atoms with E-state index in [1.165, 1.54) is 6.07 Å². The molecule has 0 radical (unpaired) electrons. The average Bonchev–Trinajstić information content (AvgIpc) is 3.25. The number of β-amino-alcohol motifs (C(OH)–C–C–N with tert-alkyl or cyclic N) is 1. The predicted octanol–water partition coefficient (Wildman–Crippen LogP) is 2.58. The maximum atomic E-state index is 14.1. The number of rotatable bonds is 8. The van der Waals surface area contributed by atoms with E-state index in [4.69, 9.17) is 14.9 Å². The van der Waals surface area contributed by atoms with E-state index in [0.717, 1.165) is 25.2 Å². The Bertz CT molecular complexity index is 1120. The summed E-state index contributed by atoms with van der Waals surface area (Å²) < 4.78 is 39.5. The largest absolute Gasteiger partial charge is 0.491 e. The van der Waals surface area contributed by atoms with Crippen LogP contribution in [-0.4, -0.2) is 64.5 Å². The molecule has 10 heteroatoms. The highest BCUT2D eigenvalue weighted by Crippen LogP contribution is 2.33. The standard InChI is InChI=1S/C24H25F2N3O5/c25-18-2-1-3-19(26)20(18)24-28-21(23(27)32)22(34-24)14-4-6-17(7-5-14)33-13-16(31)12-29-10-8-15(30)9-11-29/h1-7,15-16,30-31H,8-13H2,(H2,27,32). The molecule has 4 N–H and O–H groups in total. The van der Waals surface area contributed by atoms with Gasteiger partial charge in [0.1, 0.15) is 35.7 Å². The van der Waals surface area contributed by atoms with Crippen LogP contribution in [0.4, 0.5) is 8.78 Å². The van der Waals surface area contributed by atoms with Gasteiger partial charge in [0.2, 0.25) is 5.89 Å². The zero-order chi connectivity index (χ0) is 24.2. The van der Waals surface area contributed by atoms with Crippen LogP contribution in [0.15, 0.2) is 46.9 Å². The lowest BCUT2D eigenvalue weighted by atomic mass is 10.1. The summed E-state index contributed by atoms with van der Waals surface area (Å²) in [6.07, 6.45) is 0.401. The van der Waals surface area contributed by atoms with Crippen molar-refractivity contribution < 1.29 is 32.9 Å². The van der Waals surface area contributed by atoms with Crippen molar-refractivity contribution >= 4 is 5.91 Å². The van der Waals surface area contributed by atoms with Gasteiger partial charge in [-0.05, 0) is 49.2 Å². The van der Waals surface area contributed by atoms with Gasteiger partial charge in [-0.1, -0.05) is 6.07 Å². The van der Waals surface area contributed by atoms with Crippen LogP contribution in [0.1, 0.15) is 23.3 Å². The smallest absolute Gasteiger partial charge is 0.271 e. The number of halogens is 2. The van der Waals surface area contributed by atoms with Gasteiger partial charge in [-0.25, -0.2) is 13.8 Å². The molecule has 1 amide bonds. The monoisotopic (exact) mass is 473 g/mol. The second kappa shape index (κ2) is 10.3. The Labute approximate surface area is 194 Å². The summed E-state index contributed by atoms with van der Waals surface area (Å²) in [7, 11) is 0. The highest BCUT2D eigenvalue weighted by atomic mass is 19.1. The van der Waals surface area contributed by atoms with E-state index in [2.05, 4.69) is 9.88 Å². The number of hydrogen-bond acceptors (Lipinski definition) is 7. The Morgan fingerprint density at radius 2 is 1.82 bits per heavy atom. The number of primary amides is 1. The normalized spacial score (nSPS) is 15.9. The van der Waals surface area contributed by atoms with Crippen LogP contribution in [0.2, 0.25) is 0 Å². The van der Waals surface area contributed by atoms with Gasteiger partial charge in [0, 0.05) is 25.2 Å². The molecule has 4 rings (SSSR count). The van der Waals surface area contributed by atoms with E-state index in [-0.39, 0.29) is 24.2 Å². The van der Waals surface area contributed by atoms with Crippen LogP contribution in [0, 0.1) is 11.6 Å². The van der Waals surface area contributed by atoms with E-state index in [1.807, 2.05) is 0 Å². The zero-order valence-electron chi connectivity index (χ0n) is 18.3. The summed E-state index contributed by atoms with van der Waals surface area (Å²) in [6, 6.07) is 9.71. The molecule has 2 aromatic carbocycles. The molecule has 1 unspecified atom stereocenters. The number of nitrogens with zero attached hydrogens (tertiary/aromatic N) is 2. The lowest BCUT2D eigenvalue weighted by Gasteiger charge is -2.30. The molecule has 8 nitrogen and oxygen atoms in total. The topological polar surface area (TPSA) is 122 Å². The average molecular weight is 473 g/mol. The van der Waals surface area contributed by atoms with Crippen molar-refractivity contribution in [2.24, 2.45) is 5.73 Å². The van der Waals surface area contributed by atoms with Crippen LogP contribution >= 0.6 is 0 Å². The highest BCUT2D eigenvalue weighted by molar-refractivity contribution is 5.97. The number of aromatic nitrogens is 1. The predicted molar refractivity (Wildman–Crippen MR) is 119 cm³/mol. The fourth-order valence-electron chi connectivity index (χ4n) is 3.84. The number of likely N-dealkylation sites (tertiary alicyclic amines) is 1. The minimum atomic E-state index is -0.907. The van der Waals surface area contributed by atoms with Gasteiger partial charge < -0.3 is 30.0 Å². The van der Waals surface area contributed by atoms with Gasteiger partial charge >= 0.3 is 0 Å². The van der Waals surface area contributed by atoms with E-state index in [0.29, 0.717) is 30.7 Å².